The molecule has 1 aromatic rings. The van der Waals surface area contributed by atoms with E-state index in [0.717, 1.165) is 18.7 Å². The third kappa shape index (κ3) is 4.35. The number of pyridine rings is 1. The summed E-state index contributed by atoms with van der Waals surface area (Å²) in [6.45, 7) is 10.9. The van der Waals surface area contributed by atoms with Crippen molar-refractivity contribution < 1.29 is 4.74 Å². The monoisotopic (exact) mass is 236 g/mol. The van der Waals surface area contributed by atoms with Crippen molar-refractivity contribution in [2.24, 2.45) is 11.3 Å². The number of nitrogens with one attached hydrogen (secondary N) is 1. The molecule has 0 radical (unpaired) electrons. The van der Waals surface area contributed by atoms with E-state index in [0.29, 0.717) is 17.2 Å². The first-order chi connectivity index (χ1) is 7.95. The quantitative estimate of drug-likeness (QED) is 0.853. The van der Waals surface area contributed by atoms with Crippen LogP contribution in [-0.4, -0.2) is 18.6 Å². The fraction of sp³-hybridized carbons (Fsp3) is 0.643. The zero-order valence-corrected chi connectivity index (χ0v) is 11.6. The standard InChI is InChI=1S/C14H24N2O/c1-11(14(2,3)4)9-15-10-12-7-6-8-16-13(12)17-5/h6-8,11,15H,9-10H2,1-5H3. The fourth-order valence-electron chi connectivity index (χ4n) is 1.47. The molecule has 1 rings (SSSR count). The molecule has 0 saturated carbocycles. The summed E-state index contributed by atoms with van der Waals surface area (Å²) in [6, 6.07) is 3.98. The lowest BCUT2D eigenvalue weighted by Gasteiger charge is -2.27. The maximum Gasteiger partial charge on any atom is 0.217 e. The number of rotatable bonds is 5. The summed E-state index contributed by atoms with van der Waals surface area (Å²) in [7, 11) is 1.66. The molecule has 1 aromatic heterocycles. The minimum atomic E-state index is 0.339. The van der Waals surface area contributed by atoms with Gasteiger partial charge in [0.1, 0.15) is 0 Å². The van der Waals surface area contributed by atoms with Gasteiger partial charge in [-0.2, -0.15) is 0 Å². The van der Waals surface area contributed by atoms with Crippen LogP contribution in [0.2, 0.25) is 0 Å². The first-order valence-corrected chi connectivity index (χ1v) is 6.13. The summed E-state index contributed by atoms with van der Waals surface area (Å²) in [6.07, 6.45) is 1.75. The molecule has 0 amide bonds. The lowest BCUT2D eigenvalue weighted by molar-refractivity contribution is 0.252. The molecule has 17 heavy (non-hydrogen) atoms. The van der Waals surface area contributed by atoms with E-state index in [1.54, 1.807) is 13.3 Å². The molecule has 96 valence electrons. The average Bonchev–Trinajstić information content (AvgIpc) is 2.28. The van der Waals surface area contributed by atoms with Gasteiger partial charge >= 0.3 is 0 Å². The van der Waals surface area contributed by atoms with Crippen LogP contribution in [0, 0.1) is 11.3 Å². The van der Waals surface area contributed by atoms with Gasteiger partial charge in [0.2, 0.25) is 5.88 Å². The van der Waals surface area contributed by atoms with Crippen LogP contribution in [0.25, 0.3) is 0 Å². The molecule has 1 N–H and O–H groups in total. The minimum absolute atomic E-state index is 0.339. The average molecular weight is 236 g/mol. The SMILES string of the molecule is COc1ncccc1CNCC(C)C(C)(C)C. The maximum absolute atomic E-state index is 5.22. The highest BCUT2D eigenvalue weighted by Gasteiger charge is 2.19. The van der Waals surface area contributed by atoms with Gasteiger partial charge in [0, 0.05) is 18.3 Å². The van der Waals surface area contributed by atoms with Crippen molar-refractivity contribution in [3.05, 3.63) is 23.9 Å². The molecular formula is C14H24N2O. The van der Waals surface area contributed by atoms with Gasteiger partial charge < -0.3 is 10.1 Å². The van der Waals surface area contributed by atoms with Crippen LogP contribution in [-0.2, 0) is 6.54 Å². The zero-order chi connectivity index (χ0) is 12.9. The molecule has 3 heteroatoms. The predicted octanol–water partition coefficient (Wildman–Crippen LogP) is 2.86. The number of aromatic nitrogens is 1. The highest BCUT2D eigenvalue weighted by molar-refractivity contribution is 5.24. The predicted molar refractivity (Wildman–Crippen MR) is 71.1 cm³/mol. The molecular weight excluding hydrogens is 212 g/mol. The van der Waals surface area contributed by atoms with Crippen molar-refractivity contribution in [1.82, 2.24) is 10.3 Å². The summed E-state index contributed by atoms with van der Waals surface area (Å²) in [4.78, 5) is 4.18. The highest BCUT2D eigenvalue weighted by atomic mass is 16.5. The van der Waals surface area contributed by atoms with E-state index in [-0.39, 0.29) is 0 Å². The minimum Gasteiger partial charge on any atom is -0.481 e. The topological polar surface area (TPSA) is 34.1 Å². The fourth-order valence-corrected chi connectivity index (χ4v) is 1.47. The first-order valence-electron chi connectivity index (χ1n) is 6.13. The van der Waals surface area contributed by atoms with Crippen LogP contribution in [0.15, 0.2) is 18.3 Å². The number of ether oxygens (including phenoxy) is 1. The Labute approximate surface area is 105 Å². The van der Waals surface area contributed by atoms with E-state index in [1.165, 1.54) is 0 Å². The number of methoxy groups -OCH3 is 1. The lowest BCUT2D eigenvalue weighted by atomic mass is 9.82. The van der Waals surface area contributed by atoms with Crippen molar-refractivity contribution in [2.75, 3.05) is 13.7 Å². The smallest absolute Gasteiger partial charge is 0.217 e. The van der Waals surface area contributed by atoms with Gasteiger partial charge in [-0.3, -0.25) is 0 Å². The van der Waals surface area contributed by atoms with Crippen LogP contribution < -0.4 is 10.1 Å². The van der Waals surface area contributed by atoms with E-state index < -0.39 is 0 Å². The van der Waals surface area contributed by atoms with Gasteiger partial charge in [-0.1, -0.05) is 33.8 Å². The number of hydrogen-bond acceptors (Lipinski definition) is 3. The third-order valence-electron chi connectivity index (χ3n) is 3.29. The molecule has 0 aliphatic rings. The molecule has 1 unspecified atom stereocenters. The van der Waals surface area contributed by atoms with Gasteiger partial charge in [0.25, 0.3) is 0 Å². The van der Waals surface area contributed by atoms with Crippen LogP contribution >= 0.6 is 0 Å². The summed E-state index contributed by atoms with van der Waals surface area (Å²) < 4.78 is 5.22. The van der Waals surface area contributed by atoms with Crippen molar-refractivity contribution in [3.8, 4) is 5.88 Å². The van der Waals surface area contributed by atoms with E-state index in [9.17, 15) is 0 Å². The highest BCUT2D eigenvalue weighted by Crippen LogP contribution is 2.24. The summed E-state index contributed by atoms with van der Waals surface area (Å²) in [5, 5.41) is 3.46. The second kappa shape index (κ2) is 6.01. The third-order valence-corrected chi connectivity index (χ3v) is 3.29. The van der Waals surface area contributed by atoms with Crippen LogP contribution in [0.5, 0.6) is 5.88 Å². The lowest BCUT2D eigenvalue weighted by Crippen LogP contribution is -2.29. The van der Waals surface area contributed by atoms with Crippen molar-refractivity contribution in [2.45, 2.75) is 34.2 Å². The van der Waals surface area contributed by atoms with Crippen molar-refractivity contribution >= 4 is 0 Å². The van der Waals surface area contributed by atoms with E-state index >= 15 is 0 Å². The Morgan fingerprint density at radius 1 is 1.41 bits per heavy atom. The number of nitrogens with zero attached hydrogens (tertiary/aromatic N) is 1. The second-order valence-corrected chi connectivity index (χ2v) is 5.57. The van der Waals surface area contributed by atoms with Gasteiger partial charge in [0.15, 0.2) is 0 Å². The van der Waals surface area contributed by atoms with Crippen molar-refractivity contribution in [3.63, 3.8) is 0 Å². The van der Waals surface area contributed by atoms with Crippen molar-refractivity contribution in [1.29, 1.82) is 0 Å². The van der Waals surface area contributed by atoms with Crippen LogP contribution in [0.4, 0.5) is 0 Å². The number of hydrogen-bond donors (Lipinski definition) is 1. The second-order valence-electron chi connectivity index (χ2n) is 5.57. The molecule has 0 bridgehead atoms. The largest absolute Gasteiger partial charge is 0.481 e. The molecule has 1 heterocycles. The molecule has 0 fully saturated rings. The molecule has 0 spiro atoms. The molecule has 0 saturated heterocycles. The summed E-state index contributed by atoms with van der Waals surface area (Å²) in [5.41, 5.74) is 1.45. The molecule has 3 nitrogen and oxygen atoms in total. The Morgan fingerprint density at radius 2 is 2.12 bits per heavy atom. The Morgan fingerprint density at radius 3 is 2.71 bits per heavy atom. The van der Waals surface area contributed by atoms with Crippen LogP contribution in [0.1, 0.15) is 33.3 Å². The molecule has 0 aliphatic carbocycles. The summed E-state index contributed by atoms with van der Waals surface area (Å²) in [5.74, 6) is 1.34. The summed E-state index contributed by atoms with van der Waals surface area (Å²) >= 11 is 0. The van der Waals surface area contributed by atoms with Crippen LogP contribution in [0.3, 0.4) is 0 Å². The van der Waals surface area contributed by atoms with E-state index in [1.807, 2.05) is 12.1 Å². The Balaban J connectivity index is 2.46. The maximum atomic E-state index is 5.22. The Hall–Kier alpha value is -1.09. The van der Waals surface area contributed by atoms with E-state index in [2.05, 4.69) is 38.0 Å². The Kier molecular flexibility index (Phi) is 4.94. The zero-order valence-electron chi connectivity index (χ0n) is 11.6. The molecule has 1 atom stereocenters. The molecule has 0 aromatic carbocycles. The van der Waals surface area contributed by atoms with Gasteiger partial charge in [0.05, 0.1) is 7.11 Å². The normalized spacial score (nSPS) is 13.5. The van der Waals surface area contributed by atoms with E-state index in [4.69, 9.17) is 4.74 Å². The Bertz CT molecular complexity index is 344. The molecule has 0 aliphatic heterocycles. The first kappa shape index (κ1) is 14.0. The van der Waals surface area contributed by atoms with Gasteiger partial charge in [-0.15, -0.1) is 0 Å². The van der Waals surface area contributed by atoms with Gasteiger partial charge in [-0.25, -0.2) is 4.98 Å². The van der Waals surface area contributed by atoms with Gasteiger partial charge in [-0.05, 0) is 23.9 Å².